The number of pyridine rings is 1. The number of methoxy groups -OCH3 is 1. The van der Waals surface area contributed by atoms with Crippen molar-refractivity contribution in [1.29, 1.82) is 0 Å². The molecule has 1 aromatic rings. The first-order valence-electron chi connectivity index (χ1n) is 3.59. The van der Waals surface area contributed by atoms with Crippen LogP contribution in [-0.2, 0) is 0 Å². The highest BCUT2D eigenvalue weighted by Gasteiger charge is 2.24. The van der Waals surface area contributed by atoms with Gasteiger partial charge in [0.05, 0.1) is 12.0 Å². The van der Waals surface area contributed by atoms with Gasteiger partial charge >= 0.3 is 11.7 Å². The number of rotatable bonds is 3. The number of aromatic carboxylic acids is 1. The molecule has 1 rings (SSSR count). The molecule has 0 radical (unpaired) electrons. The first-order valence-corrected chi connectivity index (χ1v) is 3.97. The van der Waals surface area contributed by atoms with E-state index in [9.17, 15) is 14.9 Å². The monoisotopic (exact) mass is 232 g/mol. The van der Waals surface area contributed by atoms with E-state index in [4.69, 9.17) is 16.7 Å². The van der Waals surface area contributed by atoms with E-state index in [1.165, 1.54) is 0 Å². The van der Waals surface area contributed by atoms with Crippen LogP contribution < -0.4 is 4.74 Å². The average molecular weight is 233 g/mol. The Morgan fingerprint density at radius 2 is 2.33 bits per heavy atom. The molecule has 1 heterocycles. The standard InChI is InChI=1S/C7H5ClN2O5/c1-15-6-5(10(13)14)3(8)2-4(9-6)7(11)12/h2H,1H3,(H,11,12). The molecule has 0 saturated heterocycles. The van der Waals surface area contributed by atoms with Crippen LogP contribution in [0.15, 0.2) is 6.07 Å². The molecule has 15 heavy (non-hydrogen) atoms. The zero-order valence-electron chi connectivity index (χ0n) is 7.43. The Hall–Kier alpha value is -1.89. The van der Waals surface area contributed by atoms with Crippen LogP contribution in [0.1, 0.15) is 10.5 Å². The van der Waals surface area contributed by atoms with Gasteiger partial charge in [-0.2, -0.15) is 0 Å². The molecule has 0 bridgehead atoms. The van der Waals surface area contributed by atoms with Crippen molar-refractivity contribution in [3.8, 4) is 5.88 Å². The summed E-state index contributed by atoms with van der Waals surface area (Å²) in [4.78, 5) is 23.7. The van der Waals surface area contributed by atoms with Crippen LogP contribution in [0, 0.1) is 10.1 Å². The van der Waals surface area contributed by atoms with Crippen molar-refractivity contribution in [2.24, 2.45) is 0 Å². The minimum atomic E-state index is -1.34. The van der Waals surface area contributed by atoms with Gasteiger partial charge in [0.25, 0.3) is 5.88 Å². The lowest BCUT2D eigenvalue weighted by atomic mass is 10.3. The van der Waals surface area contributed by atoms with Crippen molar-refractivity contribution < 1.29 is 19.6 Å². The van der Waals surface area contributed by atoms with Crippen LogP contribution in [0.2, 0.25) is 5.02 Å². The predicted octanol–water partition coefficient (Wildman–Crippen LogP) is 1.35. The van der Waals surface area contributed by atoms with Crippen LogP contribution in [-0.4, -0.2) is 28.1 Å². The summed E-state index contributed by atoms with van der Waals surface area (Å²) in [5.74, 6) is -1.77. The maximum Gasteiger partial charge on any atom is 0.354 e. The fraction of sp³-hybridized carbons (Fsp3) is 0.143. The minimum absolute atomic E-state index is 0.329. The topological polar surface area (TPSA) is 103 Å². The molecule has 8 heteroatoms. The number of carboxylic acids is 1. The molecule has 0 fully saturated rings. The van der Waals surface area contributed by atoms with Gasteiger partial charge in [-0.25, -0.2) is 9.78 Å². The van der Waals surface area contributed by atoms with E-state index in [2.05, 4.69) is 9.72 Å². The fourth-order valence-electron chi connectivity index (χ4n) is 0.902. The van der Waals surface area contributed by atoms with Gasteiger partial charge in [0.15, 0.2) is 5.69 Å². The molecular weight excluding hydrogens is 228 g/mol. The van der Waals surface area contributed by atoms with Gasteiger partial charge in [0.1, 0.15) is 5.02 Å². The van der Waals surface area contributed by atoms with E-state index in [1.54, 1.807) is 0 Å². The third kappa shape index (κ3) is 2.13. The molecule has 0 aliphatic rings. The van der Waals surface area contributed by atoms with Gasteiger partial charge in [0, 0.05) is 0 Å². The molecule has 0 saturated carbocycles. The number of nitrogens with zero attached hydrogens (tertiary/aromatic N) is 2. The highest BCUT2D eigenvalue weighted by atomic mass is 35.5. The molecule has 0 aliphatic heterocycles. The molecule has 1 aromatic heterocycles. The van der Waals surface area contributed by atoms with E-state index < -0.39 is 28.2 Å². The first kappa shape index (κ1) is 11.2. The number of halogens is 1. The molecule has 0 spiro atoms. The van der Waals surface area contributed by atoms with Gasteiger partial charge < -0.3 is 9.84 Å². The molecule has 0 aromatic carbocycles. The fourth-order valence-corrected chi connectivity index (χ4v) is 1.16. The Kier molecular flexibility index (Phi) is 3.05. The van der Waals surface area contributed by atoms with Crippen molar-refractivity contribution in [3.63, 3.8) is 0 Å². The van der Waals surface area contributed by atoms with Gasteiger partial charge in [0.2, 0.25) is 0 Å². The summed E-state index contributed by atoms with van der Waals surface area (Å²) in [5, 5.41) is 18.8. The van der Waals surface area contributed by atoms with Gasteiger partial charge in [-0.15, -0.1) is 0 Å². The zero-order chi connectivity index (χ0) is 11.6. The van der Waals surface area contributed by atoms with Crippen molar-refractivity contribution in [2.75, 3.05) is 7.11 Å². The quantitative estimate of drug-likeness (QED) is 0.623. The van der Waals surface area contributed by atoms with Crippen molar-refractivity contribution in [2.45, 2.75) is 0 Å². The summed E-state index contributed by atoms with van der Waals surface area (Å²) in [7, 11) is 1.14. The molecule has 0 atom stereocenters. The number of ether oxygens (including phenoxy) is 1. The maximum absolute atomic E-state index is 10.6. The second kappa shape index (κ2) is 4.09. The highest BCUT2D eigenvalue weighted by Crippen LogP contribution is 2.33. The van der Waals surface area contributed by atoms with Crippen LogP contribution >= 0.6 is 11.6 Å². The molecule has 0 amide bonds. The number of aromatic nitrogens is 1. The van der Waals surface area contributed by atoms with E-state index >= 15 is 0 Å². The third-order valence-electron chi connectivity index (χ3n) is 1.51. The minimum Gasteiger partial charge on any atom is -0.477 e. The van der Waals surface area contributed by atoms with Crippen molar-refractivity contribution >= 4 is 23.3 Å². The van der Waals surface area contributed by atoms with E-state index in [1.807, 2.05) is 0 Å². The molecule has 0 aliphatic carbocycles. The Morgan fingerprint density at radius 1 is 1.73 bits per heavy atom. The number of nitro groups is 1. The van der Waals surface area contributed by atoms with E-state index in [0.717, 1.165) is 13.2 Å². The third-order valence-corrected chi connectivity index (χ3v) is 1.80. The normalized spacial score (nSPS) is 9.73. The number of carboxylic acid groups (broad SMARTS) is 1. The summed E-state index contributed by atoms with van der Waals surface area (Å²) < 4.78 is 4.58. The summed E-state index contributed by atoms with van der Waals surface area (Å²) in [6.45, 7) is 0. The number of hydrogen-bond donors (Lipinski definition) is 1. The molecule has 80 valence electrons. The second-order valence-electron chi connectivity index (χ2n) is 2.41. The van der Waals surface area contributed by atoms with Gasteiger partial charge in [-0.3, -0.25) is 10.1 Å². The summed E-state index contributed by atoms with van der Waals surface area (Å²) in [5.41, 5.74) is -0.966. The second-order valence-corrected chi connectivity index (χ2v) is 2.82. The Balaban J connectivity index is 3.43. The number of carbonyl (C=O) groups is 1. The van der Waals surface area contributed by atoms with Crippen LogP contribution in [0.4, 0.5) is 5.69 Å². The van der Waals surface area contributed by atoms with Crippen LogP contribution in [0.3, 0.4) is 0 Å². The van der Waals surface area contributed by atoms with Gasteiger partial charge in [-0.05, 0) is 6.07 Å². The lowest BCUT2D eigenvalue weighted by Crippen LogP contribution is -2.04. The van der Waals surface area contributed by atoms with Crippen LogP contribution in [0.5, 0.6) is 5.88 Å². The Morgan fingerprint density at radius 3 is 2.73 bits per heavy atom. The molecule has 0 unspecified atom stereocenters. The lowest BCUT2D eigenvalue weighted by Gasteiger charge is -2.03. The molecule has 1 N–H and O–H groups in total. The zero-order valence-corrected chi connectivity index (χ0v) is 8.19. The van der Waals surface area contributed by atoms with Crippen molar-refractivity contribution in [1.82, 2.24) is 4.98 Å². The van der Waals surface area contributed by atoms with Crippen molar-refractivity contribution in [3.05, 3.63) is 26.9 Å². The summed E-state index contributed by atoms with van der Waals surface area (Å²) in [6.07, 6.45) is 0. The Bertz CT molecular complexity index is 434. The summed E-state index contributed by atoms with van der Waals surface area (Å²) >= 11 is 5.53. The lowest BCUT2D eigenvalue weighted by molar-refractivity contribution is -0.386. The molecule has 7 nitrogen and oxygen atoms in total. The van der Waals surface area contributed by atoms with E-state index in [0.29, 0.717) is 0 Å². The van der Waals surface area contributed by atoms with E-state index in [-0.39, 0.29) is 5.02 Å². The highest BCUT2D eigenvalue weighted by molar-refractivity contribution is 6.33. The Labute approximate surface area is 88.4 Å². The SMILES string of the molecule is COc1nc(C(=O)O)cc(Cl)c1[N+](=O)[O-]. The predicted molar refractivity (Wildman–Crippen MR) is 49.4 cm³/mol. The largest absolute Gasteiger partial charge is 0.477 e. The van der Waals surface area contributed by atoms with Crippen LogP contribution in [0.25, 0.3) is 0 Å². The molecular formula is C7H5ClN2O5. The number of hydrogen-bond acceptors (Lipinski definition) is 5. The first-order chi connectivity index (χ1) is 6.97. The summed E-state index contributed by atoms with van der Waals surface area (Å²) in [6, 6.07) is 0.893. The average Bonchev–Trinajstić information content (AvgIpc) is 2.15. The smallest absolute Gasteiger partial charge is 0.354 e. The maximum atomic E-state index is 10.6. The van der Waals surface area contributed by atoms with Gasteiger partial charge in [-0.1, -0.05) is 11.6 Å².